The zero-order valence-corrected chi connectivity index (χ0v) is 7.58. The summed E-state index contributed by atoms with van der Waals surface area (Å²) in [6.07, 6.45) is 1.96. The first kappa shape index (κ1) is 10.3. The van der Waals surface area contributed by atoms with E-state index < -0.39 is 0 Å². The number of ether oxygens (including phenoxy) is 1. The first-order valence-electron chi connectivity index (χ1n) is 4.56. The molecule has 0 bridgehead atoms. The minimum atomic E-state index is -0.232. The van der Waals surface area contributed by atoms with E-state index in [0.717, 1.165) is 19.4 Å². The van der Waals surface area contributed by atoms with Crippen LogP contribution < -0.4 is 10.6 Å². The molecule has 0 saturated carbocycles. The molecule has 0 aliphatic carbocycles. The van der Waals surface area contributed by atoms with Crippen LogP contribution in [0.4, 0.5) is 4.79 Å². The first-order valence-corrected chi connectivity index (χ1v) is 4.56. The van der Waals surface area contributed by atoms with E-state index >= 15 is 0 Å². The predicted molar refractivity (Wildman–Crippen MR) is 47.5 cm³/mol. The van der Waals surface area contributed by atoms with E-state index in [1.807, 2.05) is 0 Å². The van der Waals surface area contributed by atoms with Gasteiger partial charge in [-0.15, -0.1) is 0 Å². The molecule has 1 heterocycles. The van der Waals surface area contributed by atoms with E-state index in [1.165, 1.54) is 0 Å². The number of urea groups is 1. The van der Waals surface area contributed by atoms with Crippen molar-refractivity contribution in [2.75, 3.05) is 26.4 Å². The van der Waals surface area contributed by atoms with E-state index in [4.69, 9.17) is 9.84 Å². The molecule has 13 heavy (non-hydrogen) atoms. The molecule has 1 fully saturated rings. The quantitative estimate of drug-likeness (QED) is 0.557. The molecule has 1 atom stereocenters. The molecule has 3 N–H and O–H groups in total. The van der Waals surface area contributed by atoms with Gasteiger partial charge in [0.25, 0.3) is 0 Å². The van der Waals surface area contributed by atoms with Gasteiger partial charge in [-0.1, -0.05) is 0 Å². The van der Waals surface area contributed by atoms with Crippen LogP contribution in [0, 0.1) is 0 Å². The van der Waals surface area contributed by atoms with Crippen molar-refractivity contribution < 1.29 is 14.6 Å². The SMILES string of the molecule is O=C(NCCO)N[C@H]1CCCOC1. The summed E-state index contributed by atoms with van der Waals surface area (Å²) in [6, 6.07) is -0.114. The Labute approximate surface area is 77.5 Å². The van der Waals surface area contributed by atoms with Crippen molar-refractivity contribution in [2.24, 2.45) is 0 Å². The Morgan fingerprint density at radius 3 is 3.08 bits per heavy atom. The molecule has 1 aliphatic heterocycles. The van der Waals surface area contributed by atoms with Crippen LogP contribution in [0.2, 0.25) is 0 Å². The monoisotopic (exact) mass is 188 g/mol. The van der Waals surface area contributed by atoms with Crippen molar-refractivity contribution in [1.82, 2.24) is 10.6 Å². The molecule has 5 heteroatoms. The molecule has 0 aromatic heterocycles. The maximum absolute atomic E-state index is 11.1. The number of nitrogens with one attached hydrogen (secondary N) is 2. The number of amides is 2. The summed E-state index contributed by atoms with van der Waals surface area (Å²) >= 11 is 0. The van der Waals surface area contributed by atoms with Crippen LogP contribution in [0.5, 0.6) is 0 Å². The van der Waals surface area contributed by atoms with Crippen molar-refractivity contribution in [1.29, 1.82) is 0 Å². The molecule has 0 unspecified atom stereocenters. The van der Waals surface area contributed by atoms with E-state index in [-0.39, 0.29) is 18.7 Å². The minimum Gasteiger partial charge on any atom is -0.395 e. The van der Waals surface area contributed by atoms with Gasteiger partial charge in [0.2, 0.25) is 0 Å². The Morgan fingerprint density at radius 2 is 2.46 bits per heavy atom. The molecular weight excluding hydrogens is 172 g/mol. The fraction of sp³-hybridized carbons (Fsp3) is 0.875. The third-order valence-corrected chi connectivity index (χ3v) is 1.89. The second kappa shape index (κ2) is 5.77. The summed E-state index contributed by atoms with van der Waals surface area (Å²) < 4.78 is 5.20. The van der Waals surface area contributed by atoms with Gasteiger partial charge in [-0.2, -0.15) is 0 Å². The highest BCUT2D eigenvalue weighted by Gasteiger charge is 2.15. The van der Waals surface area contributed by atoms with Gasteiger partial charge in [0, 0.05) is 13.2 Å². The number of hydrogen-bond acceptors (Lipinski definition) is 3. The van der Waals surface area contributed by atoms with Gasteiger partial charge in [0.1, 0.15) is 0 Å². The Bertz CT molecular complexity index is 157. The second-order valence-corrected chi connectivity index (χ2v) is 3.04. The van der Waals surface area contributed by atoms with Crippen molar-refractivity contribution in [3.63, 3.8) is 0 Å². The van der Waals surface area contributed by atoms with Crippen LogP contribution >= 0.6 is 0 Å². The Morgan fingerprint density at radius 1 is 1.62 bits per heavy atom. The van der Waals surface area contributed by atoms with Gasteiger partial charge < -0.3 is 20.5 Å². The lowest BCUT2D eigenvalue weighted by Gasteiger charge is -2.23. The fourth-order valence-corrected chi connectivity index (χ4v) is 1.26. The second-order valence-electron chi connectivity index (χ2n) is 3.04. The Balaban J connectivity index is 2.11. The Kier molecular flexibility index (Phi) is 4.56. The summed E-state index contributed by atoms with van der Waals surface area (Å²) in [7, 11) is 0. The van der Waals surface area contributed by atoms with Gasteiger partial charge in [-0.25, -0.2) is 4.79 Å². The van der Waals surface area contributed by atoms with Crippen molar-refractivity contribution in [3.05, 3.63) is 0 Å². The Hall–Kier alpha value is -0.810. The fourth-order valence-electron chi connectivity index (χ4n) is 1.26. The molecule has 76 valence electrons. The third-order valence-electron chi connectivity index (χ3n) is 1.89. The average Bonchev–Trinajstić information content (AvgIpc) is 2.16. The molecule has 1 aliphatic rings. The summed E-state index contributed by atoms with van der Waals surface area (Å²) in [5.74, 6) is 0. The van der Waals surface area contributed by atoms with Crippen LogP contribution in [-0.2, 0) is 4.74 Å². The topological polar surface area (TPSA) is 70.6 Å². The first-order chi connectivity index (χ1) is 6.33. The lowest BCUT2D eigenvalue weighted by molar-refractivity contribution is 0.0731. The predicted octanol–water partition coefficient (Wildman–Crippen LogP) is -0.543. The molecule has 0 aromatic carbocycles. The van der Waals surface area contributed by atoms with E-state index in [2.05, 4.69) is 10.6 Å². The molecule has 0 radical (unpaired) electrons. The van der Waals surface area contributed by atoms with Gasteiger partial charge in [0.05, 0.1) is 19.3 Å². The van der Waals surface area contributed by atoms with Gasteiger partial charge in [0.15, 0.2) is 0 Å². The lowest BCUT2D eigenvalue weighted by Crippen LogP contribution is -2.46. The molecule has 1 saturated heterocycles. The standard InChI is InChI=1S/C8H16N2O3/c11-4-3-9-8(12)10-7-2-1-5-13-6-7/h7,11H,1-6H2,(H2,9,10,12)/t7-/m0/s1. The highest BCUT2D eigenvalue weighted by Crippen LogP contribution is 2.04. The number of aliphatic hydroxyl groups is 1. The molecule has 1 rings (SSSR count). The van der Waals surface area contributed by atoms with E-state index in [0.29, 0.717) is 13.2 Å². The van der Waals surface area contributed by atoms with E-state index in [9.17, 15) is 4.79 Å². The summed E-state index contributed by atoms with van der Waals surface area (Å²) in [6.45, 7) is 1.64. The highest BCUT2D eigenvalue weighted by molar-refractivity contribution is 5.74. The number of rotatable bonds is 3. The molecule has 0 aromatic rings. The number of aliphatic hydroxyl groups excluding tert-OH is 1. The number of hydrogen-bond donors (Lipinski definition) is 3. The maximum atomic E-state index is 11.1. The third kappa shape index (κ3) is 4.10. The highest BCUT2D eigenvalue weighted by atomic mass is 16.5. The van der Waals surface area contributed by atoms with Crippen LogP contribution in [-0.4, -0.2) is 43.5 Å². The van der Waals surface area contributed by atoms with Crippen LogP contribution in [0.25, 0.3) is 0 Å². The number of carbonyl (C=O) groups is 1. The number of carbonyl (C=O) groups excluding carboxylic acids is 1. The minimum absolute atomic E-state index is 0.0331. The lowest BCUT2D eigenvalue weighted by atomic mass is 10.1. The summed E-state index contributed by atoms with van der Waals surface area (Å²) in [5, 5.41) is 13.7. The zero-order chi connectivity index (χ0) is 9.52. The van der Waals surface area contributed by atoms with Gasteiger partial charge in [-0.05, 0) is 12.8 Å². The van der Waals surface area contributed by atoms with Gasteiger partial charge >= 0.3 is 6.03 Å². The van der Waals surface area contributed by atoms with Crippen molar-refractivity contribution >= 4 is 6.03 Å². The van der Waals surface area contributed by atoms with Crippen molar-refractivity contribution in [2.45, 2.75) is 18.9 Å². The van der Waals surface area contributed by atoms with Crippen molar-refractivity contribution in [3.8, 4) is 0 Å². The zero-order valence-electron chi connectivity index (χ0n) is 7.58. The normalized spacial score (nSPS) is 22.4. The van der Waals surface area contributed by atoms with E-state index in [1.54, 1.807) is 0 Å². The van der Waals surface area contributed by atoms with Crippen LogP contribution in [0.1, 0.15) is 12.8 Å². The van der Waals surface area contributed by atoms with Crippen LogP contribution in [0.15, 0.2) is 0 Å². The van der Waals surface area contributed by atoms with Gasteiger partial charge in [-0.3, -0.25) is 0 Å². The maximum Gasteiger partial charge on any atom is 0.315 e. The smallest absolute Gasteiger partial charge is 0.315 e. The molecule has 2 amide bonds. The van der Waals surface area contributed by atoms with Crippen LogP contribution in [0.3, 0.4) is 0 Å². The average molecular weight is 188 g/mol. The largest absolute Gasteiger partial charge is 0.395 e. The molecule has 0 spiro atoms. The molecule has 5 nitrogen and oxygen atoms in total. The summed E-state index contributed by atoms with van der Waals surface area (Å²) in [4.78, 5) is 11.1. The summed E-state index contributed by atoms with van der Waals surface area (Å²) in [5.41, 5.74) is 0. The molecular formula is C8H16N2O3.